The minimum Gasteiger partial charge on any atom is -0.378 e. The Hall–Kier alpha value is -2.79. The zero-order valence-electron chi connectivity index (χ0n) is 16.1. The molecule has 1 aromatic heterocycles. The van der Waals surface area contributed by atoms with Gasteiger partial charge in [0.25, 0.3) is 11.6 Å². The van der Waals surface area contributed by atoms with Crippen LogP contribution in [0.15, 0.2) is 18.2 Å². The number of nitro benzene ring substituents is 1. The second-order valence-corrected chi connectivity index (χ2v) is 8.10. The molecule has 154 valence electrons. The average molecular weight is 418 g/mol. The van der Waals surface area contributed by atoms with Crippen molar-refractivity contribution in [3.63, 3.8) is 0 Å². The zero-order chi connectivity index (χ0) is 20.4. The number of benzene rings is 1. The monoisotopic (exact) mass is 418 g/mol. The number of nitrogens with zero attached hydrogens (tertiary/aromatic N) is 6. The van der Waals surface area contributed by atoms with E-state index < -0.39 is 4.92 Å². The van der Waals surface area contributed by atoms with Gasteiger partial charge < -0.3 is 19.4 Å². The van der Waals surface area contributed by atoms with Crippen LogP contribution in [-0.2, 0) is 4.74 Å². The zero-order valence-corrected chi connectivity index (χ0v) is 16.9. The van der Waals surface area contributed by atoms with E-state index >= 15 is 0 Å². The number of aryl methyl sites for hydroxylation is 1. The summed E-state index contributed by atoms with van der Waals surface area (Å²) >= 11 is 1.53. The Labute approximate surface area is 171 Å². The van der Waals surface area contributed by atoms with Crippen LogP contribution in [0, 0.1) is 17.0 Å². The van der Waals surface area contributed by atoms with Gasteiger partial charge in [0.1, 0.15) is 10.7 Å². The van der Waals surface area contributed by atoms with Crippen molar-refractivity contribution in [1.29, 1.82) is 0 Å². The fourth-order valence-corrected chi connectivity index (χ4v) is 4.31. The Morgan fingerprint density at radius 3 is 2.45 bits per heavy atom. The van der Waals surface area contributed by atoms with Crippen LogP contribution in [0.2, 0.25) is 0 Å². The molecule has 2 aliphatic heterocycles. The minimum absolute atomic E-state index is 0.0410. The Balaban J connectivity index is 1.47. The van der Waals surface area contributed by atoms with Crippen LogP contribution >= 0.6 is 11.3 Å². The number of ether oxygens (including phenoxy) is 1. The van der Waals surface area contributed by atoms with Gasteiger partial charge in [0.2, 0.25) is 5.13 Å². The molecule has 2 fully saturated rings. The number of morpholine rings is 1. The quantitative estimate of drug-likeness (QED) is 0.544. The largest absolute Gasteiger partial charge is 0.378 e. The molecule has 0 spiro atoms. The smallest absolute Gasteiger partial charge is 0.293 e. The molecule has 0 atom stereocenters. The van der Waals surface area contributed by atoms with E-state index in [-0.39, 0.29) is 11.6 Å². The summed E-state index contributed by atoms with van der Waals surface area (Å²) in [5.41, 5.74) is 0.834. The average Bonchev–Trinajstić information content (AvgIpc) is 3.20. The molecule has 0 saturated carbocycles. The number of rotatable bonds is 4. The number of carbonyl (C=O) groups is 1. The fourth-order valence-electron chi connectivity index (χ4n) is 3.57. The van der Waals surface area contributed by atoms with Crippen LogP contribution in [-0.4, -0.2) is 78.4 Å². The summed E-state index contributed by atoms with van der Waals surface area (Å²) in [6.45, 7) is 6.58. The predicted molar refractivity (Wildman–Crippen MR) is 109 cm³/mol. The van der Waals surface area contributed by atoms with Gasteiger partial charge in [-0.2, -0.15) is 0 Å². The number of piperazine rings is 1. The molecule has 11 heteroatoms. The van der Waals surface area contributed by atoms with Crippen molar-refractivity contribution >= 4 is 33.8 Å². The van der Waals surface area contributed by atoms with Gasteiger partial charge in [0.05, 0.1) is 18.1 Å². The summed E-state index contributed by atoms with van der Waals surface area (Å²) < 4.78 is 5.32. The summed E-state index contributed by atoms with van der Waals surface area (Å²) in [6.07, 6.45) is 0. The molecule has 1 amide bonds. The van der Waals surface area contributed by atoms with Crippen LogP contribution < -0.4 is 9.80 Å². The molecule has 0 bridgehead atoms. The maximum absolute atomic E-state index is 12.9. The first-order valence-corrected chi connectivity index (χ1v) is 10.3. The van der Waals surface area contributed by atoms with Crippen LogP contribution in [0.5, 0.6) is 0 Å². The molecule has 2 aliphatic rings. The van der Waals surface area contributed by atoms with Crippen molar-refractivity contribution in [2.45, 2.75) is 6.92 Å². The lowest BCUT2D eigenvalue weighted by Crippen LogP contribution is -2.48. The highest BCUT2D eigenvalue weighted by Gasteiger charge is 2.27. The van der Waals surface area contributed by atoms with Crippen molar-refractivity contribution < 1.29 is 14.5 Å². The Morgan fingerprint density at radius 2 is 1.83 bits per heavy atom. The van der Waals surface area contributed by atoms with Crippen LogP contribution in [0.1, 0.15) is 15.4 Å². The molecule has 3 heterocycles. The third-order valence-electron chi connectivity index (χ3n) is 5.12. The number of hydrogen-bond donors (Lipinski definition) is 0. The fraction of sp³-hybridized carbons (Fsp3) is 0.500. The topological polar surface area (TPSA) is 105 Å². The molecule has 10 nitrogen and oxygen atoms in total. The van der Waals surface area contributed by atoms with E-state index in [4.69, 9.17) is 4.74 Å². The van der Waals surface area contributed by atoms with Crippen molar-refractivity contribution in [1.82, 2.24) is 15.1 Å². The maximum atomic E-state index is 12.9. The minimum atomic E-state index is -0.419. The number of anilines is 2. The standard InChI is InChI=1S/C18H22N6O4S/c1-13-19-20-18(29-13)23-6-4-22(5-7-23)17(25)14-2-3-15(16(12-14)24(26)27)21-8-10-28-11-9-21/h2-3,12H,4-11H2,1H3. The van der Waals surface area contributed by atoms with Crippen molar-refractivity contribution in [3.05, 3.63) is 38.9 Å². The summed E-state index contributed by atoms with van der Waals surface area (Å²) in [5.74, 6) is -0.185. The lowest BCUT2D eigenvalue weighted by molar-refractivity contribution is -0.384. The molecule has 4 rings (SSSR count). The first-order valence-electron chi connectivity index (χ1n) is 9.48. The van der Waals surface area contributed by atoms with E-state index in [0.29, 0.717) is 63.7 Å². The molecule has 2 saturated heterocycles. The maximum Gasteiger partial charge on any atom is 0.293 e. The molecule has 0 aliphatic carbocycles. The van der Waals surface area contributed by atoms with E-state index in [9.17, 15) is 14.9 Å². The Bertz CT molecular complexity index is 906. The van der Waals surface area contributed by atoms with Crippen LogP contribution in [0.3, 0.4) is 0 Å². The molecule has 29 heavy (non-hydrogen) atoms. The van der Waals surface area contributed by atoms with Gasteiger partial charge in [0.15, 0.2) is 0 Å². The number of nitro groups is 1. The Kier molecular flexibility index (Phi) is 5.58. The first kappa shape index (κ1) is 19.5. The first-order chi connectivity index (χ1) is 14.0. The number of carbonyl (C=O) groups excluding carboxylic acids is 1. The number of aromatic nitrogens is 2. The van der Waals surface area contributed by atoms with Crippen LogP contribution in [0.4, 0.5) is 16.5 Å². The lowest BCUT2D eigenvalue weighted by atomic mass is 10.1. The molecule has 0 unspecified atom stereocenters. The second kappa shape index (κ2) is 8.29. The van der Waals surface area contributed by atoms with Gasteiger partial charge >= 0.3 is 0 Å². The van der Waals surface area contributed by atoms with Gasteiger partial charge in [-0.05, 0) is 19.1 Å². The number of amides is 1. The van der Waals surface area contributed by atoms with Crippen LogP contribution in [0.25, 0.3) is 0 Å². The van der Waals surface area contributed by atoms with E-state index in [1.807, 2.05) is 11.8 Å². The summed E-state index contributed by atoms with van der Waals surface area (Å²) in [4.78, 5) is 29.9. The highest BCUT2D eigenvalue weighted by Crippen LogP contribution is 2.30. The normalized spacial score (nSPS) is 17.5. The third kappa shape index (κ3) is 4.15. The molecule has 1 aromatic carbocycles. The lowest BCUT2D eigenvalue weighted by Gasteiger charge is -2.34. The van der Waals surface area contributed by atoms with E-state index in [2.05, 4.69) is 15.1 Å². The third-order valence-corrected chi connectivity index (χ3v) is 6.02. The van der Waals surface area contributed by atoms with Gasteiger partial charge in [-0.1, -0.05) is 11.3 Å². The van der Waals surface area contributed by atoms with E-state index in [0.717, 1.165) is 10.1 Å². The van der Waals surface area contributed by atoms with Gasteiger partial charge in [-0.3, -0.25) is 14.9 Å². The summed E-state index contributed by atoms with van der Waals surface area (Å²) in [7, 11) is 0. The molecule has 0 N–H and O–H groups in total. The molecular weight excluding hydrogens is 396 g/mol. The van der Waals surface area contributed by atoms with Gasteiger partial charge in [0, 0.05) is 50.9 Å². The SMILES string of the molecule is Cc1nnc(N2CCN(C(=O)c3ccc(N4CCOCC4)c([N+](=O)[O-])c3)CC2)s1. The summed E-state index contributed by atoms with van der Waals surface area (Å²) in [6, 6.07) is 4.76. The van der Waals surface area contributed by atoms with Crippen molar-refractivity contribution in [2.75, 3.05) is 62.3 Å². The van der Waals surface area contributed by atoms with Crippen molar-refractivity contribution in [3.8, 4) is 0 Å². The van der Waals surface area contributed by atoms with Crippen molar-refractivity contribution in [2.24, 2.45) is 0 Å². The highest BCUT2D eigenvalue weighted by molar-refractivity contribution is 7.15. The summed E-state index contributed by atoms with van der Waals surface area (Å²) in [5, 5.41) is 21.6. The Morgan fingerprint density at radius 1 is 1.10 bits per heavy atom. The molecule has 2 aromatic rings. The predicted octanol–water partition coefficient (Wildman–Crippen LogP) is 1.55. The molecular formula is C18H22N6O4S. The second-order valence-electron chi connectivity index (χ2n) is 6.94. The van der Waals surface area contributed by atoms with E-state index in [1.165, 1.54) is 17.4 Å². The molecule has 0 radical (unpaired) electrons. The van der Waals surface area contributed by atoms with Gasteiger partial charge in [-0.15, -0.1) is 10.2 Å². The number of hydrogen-bond acceptors (Lipinski definition) is 9. The highest BCUT2D eigenvalue weighted by atomic mass is 32.1. The van der Waals surface area contributed by atoms with E-state index in [1.54, 1.807) is 17.0 Å². The van der Waals surface area contributed by atoms with Gasteiger partial charge in [-0.25, -0.2) is 0 Å².